The summed E-state index contributed by atoms with van der Waals surface area (Å²) in [5.74, 6) is 1.43. The minimum atomic E-state index is -0.620. The van der Waals surface area contributed by atoms with Gasteiger partial charge in [0.2, 0.25) is 0 Å². The summed E-state index contributed by atoms with van der Waals surface area (Å²) in [7, 11) is 0. The summed E-state index contributed by atoms with van der Waals surface area (Å²) in [6.45, 7) is 0. The van der Waals surface area contributed by atoms with Crippen molar-refractivity contribution in [1.29, 1.82) is 0 Å². The third-order valence-corrected chi connectivity index (χ3v) is 4.58. The highest BCUT2D eigenvalue weighted by atomic mass is 79.9. The van der Waals surface area contributed by atoms with Crippen LogP contribution in [0.5, 0.6) is 0 Å². The molecule has 0 saturated carbocycles. The predicted octanol–water partition coefficient (Wildman–Crippen LogP) is 3.80. The summed E-state index contributed by atoms with van der Waals surface area (Å²) in [5, 5.41) is 14.0. The van der Waals surface area contributed by atoms with Gasteiger partial charge in [-0.1, -0.05) is 0 Å². The first-order valence-corrected chi connectivity index (χ1v) is 7.50. The van der Waals surface area contributed by atoms with Crippen molar-refractivity contribution < 1.29 is 9.31 Å². The molecule has 0 spiro atoms. The van der Waals surface area contributed by atoms with E-state index in [-0.39, 0.29) is 16.2 Å². The van der Waals surface area contributed by atoms with Crippen LogP contribution in [-0.2, 0) is 0 Å². The Morgan fingerprint density at radius 2 is 2.33 bits per heavy atom. The lowest BCUT2D eigenvalue weighted by atomic mass is 10.1. The number of anilines is 1. The molecule has 1 fully saturated rings. The van der Waals surface area contributed by atoms with Crippen LogP contribution in [0.4, 0.5) is 15.8 Å². The van der Waals surface area contributed by atoms with Gasteiger partial charge in [-0.2, -0.15) is 11.8 Å². The maximum atomic E-state index is 13.3. The van der Waals surface area contributed by atoms with Gasteiger partial charge in [-0.05, 0) is 40.6 Å². The zero-order valence-electron chi connectivity index (χ0n) is 9.49. The zero-order chi connectivity index (χ0) is 13.1. The molecule has 1 atom stereocenters. The average Bonchev–Trinajstić information content (AvgIpc) is 2.34. The monoisotopic (exact) mass is 334 g/mol. The molecule has 1 N–H and O–H groups in total. The van der Waals surface area contributed by atoms with Crippen LogP contribution in [0.3, 0.4) is 0 Å². The van der Waals surface area contributed by atoms with Crippen molar-refractivity contribution in [1.82, 2.24) is 0 Å². The van der Waals surface area contributed by atoms with Crippen LogP contribution >= 0.6 is 27.7 Å². The van der Waals surface area contributed by atoms with E-state index in [1.54, 1.807) is 0 Å². The highest BCUT2D eigenvalue weighted by Crippen LogP contribution is 2.32. The summed E-state index contributed by atoms with van der Waals surface area (Å²) in [5.41, 5.74) is 0.159. The summed E-state index contributed by atoms with van der Waals surface area (Å²) in [6, 6.07) is 2.59. The molecule has 0 radical (unpaired) electrons. The van der Waals surface area contributed by atoms with Gasteiger partial charge in [0, 0.05) is 11.8 Å². The van der Waals surface area contributed by atoms with Crippen LogP contribution in [0.25, 0.3) is 0 Å². The van der Waals surface area contributed by atoms with Crippen molar-refractivity contribution in [3.63, 3.8) is 0 Å². The van der Waals surface area contributed by atoms with Crippen molar-refractivity contribution in [2.45, 2.75) is 18.9 Å². The topological polar surface area (TPSA) is 55.2 Å². The Kier molecular flexibility index (Phi) is 4.45. The Bertz CT molecular complexity index is 467. The molecule has 18 heavy (non-hydrogen) atoms. The van der Waals surface area contributed by atoms with Crippen LogP contribution in [0, 0.1) is 15.9 Å². The van der Waals surface area contributed by atoms with Crippen LogP contribution in [-0.4, -0.2) is 22.5 Å². The summed E-state index contributed by atoms with van der Waals surface area (Å²) < 4.78 is 13.6. The first-order chi connectivity index (χ1) is 8.58. The number of hydrogen-bond donors (Lipinski definition) is 1. The molecule has 0 amide bonds. The Morgan fingerprint density at radius 3 is 2.94 bits per heavy atom. The Hall–Kier alpha value is -0.820. The summed E-state index contributed by atoms with van der Waals surface area (Å²) in [4.78, 5) is 10.3. The number of rotatable bonds is 3. The van der Waals surface area contributed by atoms with E-state index in [0.29, 0.717) is 5.69 Å². The van der Waals surface area contributed by atoms with Gasteiger partial charge in [-0.15, -0.1) is 0 Å². The fourth-order valence-corrected chi connectivity index (χ4v) is 3.29. The van der Waals surface area contributed by atoms with Crippen LogP contribution in [0.1, 0.15) is 12.8 Å². The fourth-order valence-electron chi connectivity index (χ4n) is 1.88. The Morgan fingerprint density at radius 1 is 1.56 bits per heavy atom. The molecule has 4 nitrogen and oxygen atoms in total. The van der Waals surface area contributed by atoms with Gasteiger partial charge in [0.1, 0.15) is 11.5 Å². The molecule has 1 saturated heterocycles. The highest BCUT2D eigenvalue weighted by Gasteiger charge is 2.21. The van der Waals surface area contributed by atoms with E-state index in [9.17, 15) is 14.5 Å². The van der Waals surface area contributed by atoms with E-state index in [4.69, 9.17) is 0 Å². The first-order valence-electron chi connectivity index (χ1n) is 5.55. The lowest BCUT2D eigenvalue weighted by Gasteiger charge is -2.23. The van der Waals surface area contributed by atoms with Crippen LogP contribution in [0.2, 0.25) is 0 Å². The van der Waals surface area contributed by atoms with Crippen molar-refractivity contribution in [3.05, 3.63) is 32.5 Å². The van der Waals surface area contributed by atoms with Crippen LogP contribution in [0.15, 0.2) is 16.6 Å². The zero-order valence-corrected chi connectivity index (χ0v) is 11.9. The fraction of sp³-hybridized carbons (Fsp3) is 0.455. The molecule has 7 heteroatoms. The number of nitro benzene ring substituents is 1. The molecule has 1 unspecified atom stereocenters. The van der Waals surface area contributed by atoms with Crippen molar-refractivity contribution in [2.24, 2.45) is 0 Å². The lowest BCUT2D eigenvalue weighted by Crippen LogP contribution is -2.26. The number of nitrogens with zero attached hydrogens (tertiary/aromatic N) is 1. The Labute approximate surface area is 117 Å². The lowest BCUT2D eigenvalue weighted by molar-refractivity contribution is -0.384. The normalized spacial score (nSPS) is 19.6. The second-order valence-corrected chi connectivity index (χ2v) is 6.10. The van der Waals surface area contributed by atoms with E-state index >= 15 is 0 Å². The van der Waals surface area contributed by atoms with Crippen molar-refractivity contribution in [2.75, 3.05) is 16.8 Å². The second-order valence-electron chi connectivity index (χ2n) is 4.10. The van der Waals surface area contributed by atoms with E-state index in [2.05, 4.69) is 21.2 Å². The van der Waals surface area contributed by atoms with Crippen molar-refractivity contribution >= 4 is 39.1 Å². The maximum Gasteiger partial charge on any atom is 0.295 e. The minimum absolute atomic E-state index is 0.208. The average molecular weight is 335 g/mol. The van der Waals surface area contributed by atoms with Gasteiger partial charge >= 0.3 is 0 Å². The molecule has 2 rings (SSSR count). The molecule has 1 aliphatic rings. The smallest absolute Gasteiger partial charge is 0.295 e. The van der Waals surface area contributed by atoms with Gasteiger partial charge in [0.25, 0.3) is 5.69 Å². The number of halogens is 2. The molecule has 0 aliphatic carbocycles. The molecule has 1 aromatic carbocycles. The van der Waals surface area contributed by atoms with E-state index < -0.39 is 10.7 Å². The summed E-state index contributed by atoms with van der Waals surface area (Å²) >= 11 is 4.88. The number of nitrogens with one attached hydrogen (secondary N) is 1. The maximum absolute atomic E-state index is 13.3. The van der Waals surface area contributed by atoms with Gasteiger partial charge in [0.15, 0.2) is 0 Å². The standard InChI is InChI=1S/C11H12BrFN2O2S/c12-8-4-10(11(15(16)17)5-9(8)13)14-7-2-1-3-18-6-7/h4-5,7,14H,1-3,6H2. The van der Waals surface area contributed by atoms with E-state index in [1.807, 2.05) is 11.8 Å². The SMILES string of the molecule is O=[N+]([O-])c1cc(F)c(Br)cc1NC1CCCSC1. The van der Waals surface area contributed by atoms with Gasteiger partial charge in [-0.25, -0.2) is 4.39 Å². The summed E-state index contributed by atoms with van der Waals surface area (Å²) in [6.07, 6.45) is 2.08. The largest absolute Gasteiger partial charge is 0.376 e. The molecular weight excluding hydrogens is 323 g/mol. The van der Waals surface area contributed by atoms with Crippen LogP contribution < -0.4 is 5.32 Å². The number of benzene rings is 1. The van der Waals surface area contributed by atoms with Gasteiger partial charge < -0.3 is 5.32 Å². The molecule has 0 bridgehead atoms. The molecular formula is C11H12BrFN2O2S. The Balaban J connectivity index is 2.24. The van der Waals surface area contributed by atoms with E-state index in [1.165, 1.54) is 6.07 Å². The van der Waals surface area contributed by atoms with E-state index in [0.717, 1.165) is 30.4 Å². The molecule has 1 aromatic rings. The number of nitro groups is 1. The predicted molar refractivity (Wildman–Crippen MR) is 74.7 cm³/mol. The molecule has 98 valence electrons. The highest BCUT2D eigenvalue weighted by molar-refractivity contribution is 9.10. The molecule has 0 aromatic heterocycles. The number of thioether (sulfide) groups is 1. The molecule has 1 aliphatic heterocycles. The minimum Gasteiger partial charge on any atom is -0.376 e. The third kappa shape index (κ3) is 3.14. The van der Waals surface area contributed by atoms with Crippen molar-refractivity contribution in [3.8, 4) is 0 Å². The number of hydrogen-bond acceptors (Lipinski definition) is 4. The third-order valence-electron chi connectivity index (χ3n) is 2.76. The first kappa shape index (κ1) is 13.6. The quantitative estimate of drug-likeness (QED) is 0.674. The molecule has 1 heterocycles. The van der Waals surface area contributed by atoms with Gasteiger partial charge in [-0.3, -0.25) is 10.1 Å². The second kappa shape index (κ2) is 5.88. The van der Waals surface area contributed by atoms with Gasteiger partial charge in [0.05, 0.1) is 15.5 Å².